The van der Waals surface area contributed by atoms with Crippen LogP contribution in [0.1, 0.15) is 18.6 Å². The van der Waals surface area contributed by atoms with E-state index < -0.39 is 6.03 Å². The van der Waals surface area contributed by atoms with Gasteiger partial charge in [0.05, 0.1) is 39.5 Å². The monoisotopic (exact) mass is 540 g/mol. The Bertz CT molecular complexity index is 1330. The van der Waals surface area contributed by atoms with Gasteiger partial charge < -0.3 is 30.0 Å². The summed E-state index contributed by atoms with van der Waals surface area (Å²) in [6.45, 7) is 2.12. The lowest BCUT2D eigenvalue weighted by molar-refractivity contribution is -0.117. The molecule has 192 valence electrons. The van der Waals surface area contributed by atoms with Gasteiger partial charge in [-0.1, -0.05) is 23.4 Å². The number of nitrogens with zero attached hydrogens (tertiary/aromatic N) is 3. The third-order valence-electron chi connectivity index (χ3n) is 6.68. The number of likely N-dealkylation sites (tertiary alicyclic amines) is 1. The van der Waals surface area contributed by atoms with Crippen LogP contribution in [0.4, 0.5) is 10.5 Å². The van der Waals surface area contributed by atoms with E-state index in [0.717, 1.165) is 31.5 Å². The molecule has 1 aromatic heterocycles. The Balaban J connectivity index is 1.26. The highest BCUT2D eigenvalue weighted by Gasteiger charge is 2.44. The fraction of sp³-hybridized carbons (Fsp3) is 0.320. The van der Waals surface area contributed by atoms with Gasteiger partial charge in [-0.3, -0.25) is 9.79 Å². The van der Waals surface area contributed by atoms with E-state index in [-0.39, 0.29) is 23.9 Å². The fourth-order valence-corrected chi connectivity index (χ4v) is 6.11. The Labute approximate surface area is 222 Å². The standard InChI is InChI=1S/C25H25ClN6O4S/c1-31-8-6-14(7-9-31)29-23(33)21-20-19-22(27-13-28-24(19)37-21)32(25(34)30-20)15-4-5-18(17(26)11-15)36-12-16-3-2-10-35-16/h2-5,10-11,13-14,24H,6-9,12H2,1H3,(H,27,28)(H,29,33)(H,30,34). The Kier molecular flexibility index (Phi) is 6.35. The number of rotatable bonds is 6. The van der Waals surface area contributed by atoms with Gasteiger partial charge in [0.2, 0.25) is 0 Å². The topological polar surface area (TPSA) is 111 Å². The number of carbonyl (C=O) groups is 2. The van der Waals surface area contributed by atoms with E-state index in [1.807, 2.05) is 6.07 Å². The highest BCUT2D eigenvalue weighted by atomic mass is 35.5. The van der Waals surface area contributed by atoms with Gasteiger partial charge in [0, 0.05) is 6.04 Å². The SMILES string of the molecule is CN1CCC(NC(=O)C2=C3NC(=O)N(c4ccc(OCc5ccco5)c(Cl)c4)C4=C3C(N=CN4)S2)CC1. The minimum absolute atomic E-state index is 0.113. The number of urea groups is 1. The maximum absolute atomic E-state index is 13.3. The van der Waals surface area contributed by atoms with Crippen LogP contribution in [0.5, 0.6) is 5.75 Å². The van der Waals surface area contributed by atoms with Crippen molar-refractivity contribution in [1.82, 2.24) is 20.9 Å². The summed E-state index contributed by atoms with van der Waals surface area (Å²) in [4.78, 5) is 35.3. The second-order valence-corrected chi connectivity index (χ2v) is 10.7. The Morgan fingerprint density at radius 2 is 2.16 bits per heavy atom. The van der Waals surface area contributed by atoms with Crippen LogP contribution in [-0.2, 0) is 11.4 Å². The van der Waals surface area contributed by atoms with Crippen molar-refractivity contribution in [2.24, 2.45) is 4.99 Å². The molecule has 4 aliphatic heterocycles. The van der Waals surface area contributed by atoms with Gasteiger partial charge in [0.1, 0.15) is 29.3 Å². The largest absolute Gasteiger partial charge is 0.484 e. The molecule has 12 heteroatoms. The van der Waals surface area contributed by atoms with Gasteiger partial charge in [-0.15, -0.1) is 0 Å². The number of amides is 3. The van der Waals surface area contributed by atoms with E-state index in [1.165, 1.54) is 16.7 Å². The van der Waals surface area contributed by atoms with Crippen LogP contribution in [0.25, 0.3) is 0 Å². The molecule has 1 aromatic carbocycles. The molecule has 1 atom stereocenters. The number of hydrogen-bond donors (Lipinski definition) is 3. The summed E-state index contributed by atoms with van der Waals surface area (Å²) in [7, 11) is 2.08. The van der Waals surface area contributed by atoms with E-state index in [9.17, 15) is 9.59 Å². The zero-order valence-electron chi connectivity index (χ0n) is 20.0. The first kappa shape index (κ1) is 24.0. The van der Waals surface area contributed by atoms with E-state index in [2.05, 4.69) is 32.9 Å². The Morgan fingerprint density at radius 3 is 2.92 bits per heavy atom. The van der Waals surface area contributed by atoms with E-state index >= 15 is 0 Å². The average Bonchev–Trinajstić information content (AvgIpc) is 3.54. The maximum atomic E-state index is 13.3. The van der Waals surface area contributed by atoms with Crippen molar-refractivity contribution in [1.29, 1.82) is 0 Å². The predicted octanol–water partition coefficient (Wildman–Crippen LogP) is 3.38. The quantitative estimate of drug-likeness (QED) is 0.515. The van der Waals surface area contributed by atoms with E-state index in [0.29, 0.717) is 38.6 Å². The van der Waals surface area contributed by atoms with Gasteiger partial charge in [-0.2, -0.15) is 0 Å². The lowest BCUT2D eigenvalue weighted by Gasteiger charge is -2.34. The van der Waals surface area contributed by atoms with Crippen LogP contribution < -0.4 is 25.6 Å². The molecule has 0 radical (unpaired) electrons. The summed E-state index contributed by atoms with van der Waals surface area (Å²) < 4.78 is 11.1. The molecule has 0 saturated carbocycles. The normalized spacial score (nSPS) is 21.6. The molecule has 6 rings (SSSR count). The van der Waals surface area contributed by atoms with Gasteiger partial charge in [-0.05, 0) is 63.3 Å². The van der Waals surface area contributed by atoms with Crippen molar-refractivity contribution in [2.75, 3.05) is 25.0 Å². The minimum Gasteiger partial charge on any atom is -0.484 e. The minimum atomic E-state index is -0.400. The van der Waals surface area contributed by atoms with Crippen LogP contribution in [0.15, 0.2) is 68.0 Å². The number of anilines is 1. The molecule has 5 heterocycles. The molecule has 1 unspecified atom stereocenters. The summed E-state index contributed by atoms with van der Waals surface area (Å²) in [6.07, 6.45) is 4.93. The Hall–Kier alpha value is -3.41. The van der Waals surface area contributed by atoms with Crippen LogP contribution in [0, 0.1) is 0 Å². The predicted molar refractivity (Wildman–Crippen MR) is 141 cm³/mol. The molecular weight excluding hydrogens is 516 g/mol. The number of thioether (sulfide) groups is 1. The molecular formula is C25H25ClN6O4S. The number of nitrogens with one attached hydrogen (secondary N) is 3. The van der Waals surface area contributed by atoms with Gasteiger partial charge in [0.15, 0.2) is 0 Å². The highest BCUT2D eigenvalue weighted by molar-refractivity contribution is 8.05. The molecule has 0 aliphatic carbocycles. The maximum Gasteiger partial charge on any atom is 0.332 e. The lowest BCUT2D eigenvalue weighted by atomic mass is 10.0. The molecule has 10 nitrogen and oxygen atoms in total. The average molecular weight is 541 g/mol. The number of carbonyl (C=O) groups excluding carboxylic acids is 2. The summed E-state index contributed by atoms with van der Waals surface area (Å²) in [5.41, 5.74) is 1.81. The number of furan rings is 1. The first-order valence-electron chi connectivity index (χ1n) is 12.0. The third-order valence-corrected chi connectivity index (χ3v) is 8.18. The fourth-order valence-electron chi connectivity index (χ4n) is 4.74. The molecule has 2 aromatic rings. The molecule has 1 fully saturated rings. The smallest absolute Gasteiger partial charge is 0.332 e. The zero-order chi connectivity index (χ0) is 25.5. The molecule has 3 amide bonds. The van der Waals surface area contributed by atoms with Crippen LogP contribution in [0.3, 0.4) is 0 Å². The van der Waals surface area contributed by atoms with Crippen molar-refractivity contribution >= 4 is 47.3 Å². The van der Waals surface area contributed by atoms with Crippen molar-refractivity contribution in [3.05, 3.63) is 69.4 Å². The molecule has 4 aliphatic rings. The van der Waals surface area contributed by atoms with Crippen LogP contribution >= 0.6 is 23.4 Å². The van der Waals surface area contributed by atoms with Crippen LogP contribution in [0.2, 0.25) is 5.02 Å². The van der Waals surface area contributed by atoms with Crippen molar-refractivity contribution < 1.29 is 18.7 Å². The number of halogens is 1. The highest BCUT2D eigenvalue weighted by Crippen LogP contribution is 2.46. The van der Waals surface area contributed by atoms with Gasteiger partial charge >= 0.3 is 6.03 Å². The van der Waals surface area contributed by atoms with Crippen molar-refractivity contribution in [2.45, 2.75) is 30.9 Å². The number of aliphatic imine (C=N–C) groups is 1. The number of hydrogen-bond acceptors (Lipinski definition) is 8. The lowest BCUT2D eigenvalue weighted by Crippen LogP contribution is -2.50. The molecule has 1 saturated heterocycles. The van der Waals surface area contributed by atoms with E-state index in [1.54, 1.807) is 36.9 Å². The number of ether oxygens (including phenoxy) is 1. The van der Waals surface area contributed by atoms with Gasteiger partial charge in [-0.25, -0.2) is 9.69 Å². The van der Waals surface area contributed by atoms with E-state index in [4.69, 9.17) is 20.8 Å². The first-order chi connectivity index (χ1) is 18.0. The summed E-state index contributed by atoms with van der Waals surface area (Å²) >= 11 is 7.84. The summed E-state index contributed by atoms with van der Waals surface area (Å²) in [5, 5.41) is 9.19. The summed E-state index contributed by atoms with van der Waals surface area (Å²) in [5.74, 6) is 1.51. The molecule has 0 spiro atoms. The van der Waals surface area contributed by atoms with Crippen molar-refractivity contribution in [3.8, 4) is 5.75 Å². The third kappa shape index (κ3) is 4.58. The molecule has 37 heavy (non-hydrogen) atoms. The molecule has 3 N–H and O–H groups in total. The summed E-state index contributed by atoms with van der Waals surface area (Å²) in [6, 6.07) is 8.44. The number of benzene rings is 1. The second kappa shape index (κ2) is 9.81. The second-order valence-electron chi connectivity index (χ2n) is 9.16. The number of piperidine rings is 1. The molecule has 0 bridgehead atoms. The zero-order valence-corrected chi connectivity index (χ0v) is 21.6. The van der Waals surface area contributed by atoms with Crippen molar-refractivity contribution in [3.63, 3.8) is 0 Å². The first-order valence-corrected chi connectivity index (χ1v) is 13.2. The van der Waals surface area contributed by atoms with Gasteiger partial charge in [0.25, 0.3) is 5.91 Å². The van der Waals surface area contributed by atoms with Crippen LogP contribution in [-0.4, -0.2) is 54.7 Å². The Morgan fingerprint density at radius 1 is 1.32 bits per heavy atom.